The van der Waals surface area contributed by atoms with Crippen molar-refractivity contribution in [3.63, 3.8) is 0 Å². The number of H-pyrrole nitrogens is 1. The van der Waals surface area contributed by atoms with Crippen LogP contribution < -0.4 is 11.4 Å². The molecule has 2 aliphatic rings. The first-order valence-corrected chi connectivity index (χ1v) is 14.0. The van der Waals surface area contributed by atoms with E-state index in [1.807, 2.05) is 28.8 Å². The summed E-state index contributed by atoms with van der Waals surface area (Å²) in [5.74, 6) is 0. The Morgan fingerprint density at radius 2 is 1.92 bits per heavy atom. The van der Waals surface area contributed by atoms with Crippen molar-refractivity contribution in [3.8, 4) is 11.3 Å². The molecule has 3 aromatic heterocycles. The maximum absolute atomic E-state index is 12.6. The lowest BCUT2D eigenvalue weighted by Gasteiger charge is -2.32. The molecular formula is C27H30Cl2N8O2. The summed E-state index contributed by atoms with van der Waals surface area (Å²) in [7, 11) is 0. The molecule has 0 spiro atoms. The number of hydrogen-bond donors (Lipinski definition) is 2. The number of benzene rings is 1. The molecule has 0 atom stereocenters. The molecule has 0 aliphatic carbocycles. The number of likely N-dealkylation sites (tertiary alicyclic amines) is 1. The fraction of sp³-hybridized carbons (Fsp3) is 0.407. The fourth-order valence-corrected chi connectivity index (χ4v) is 6.18. The summed E-state index contributed by atoms with van der Waals surface area (Å²) in [6, 6.07) is 8.94. The van der Waals surface area contributed by atoms with Crippen LogP contribution in [0, 0.1) is 0 Å². The second kappa shape index (κ2) is 10.7. The van der Waals surface area contributed by atoms with Crippen LogP contribution in [0.25, 0.3) is 22.4 Å². The minimum Gasteiger partial charge on any atom is -0.351 e. The number of imidazole rings is 1. The summed E-state index contributed by atoms with van der Waals surface area (Å²) in [5.41, 5.74) is 10.9. The Balaban J connectivity index is 1.13. The maximum Gasteiger partial charge on any atom is 0.327 e. The van der Waals surface area contributed by atoms with E-state index in [4.69, 9.17) is 34.0 Å². The number of nitrogens with zero attached hydrogens (tertiary/aromatic N) is 6. The Morgan fingerprint density at radius 3 is 2.69 bits per heavy atom. The Morgan fingerprint density at radius 1 is 1.10 bits per heavy atom. The van der Waals surface area contributed by atoms with E-state index < -0.39 is 6.03 Å². The van der Waals surface area contributed by atoms with Gasteiger partial charge in [-0.25, -0.2) is 14.6 Å². The second-order valence-electron chi connectivity index (χ2n) is 10.2. The van der Waals surface area contributed by atoms with Gasteiger partial charge >= 0.3 is 11.7 Å². The predicted octanol–water partition coefficient (Wildman–Crippen LogP) is 4.06. The van der Waals surface area contributed by atoms with Gasteiger partial charge in [0.25, 0.3) is 0 Å². The zero-order chi connectivity index (χ0) is 27.1. The minimum atomic E-state index is -0.428. The van der Waals surface area contributed by atoms with Gasteiger partial charge in [0.2, 0.25) is 0 Å². The molecule has 5 heterocycles. The Bertz CT molecular complexity index is 1580. The highest BCUT2D eigenvalue weighted by Crippen LogP contribution is 2.34. The van der Waals surface area contributed by atoms with Crippen LogP contribution in [0.3, 0.4) is 0 Å². The van der Waals surface area contributed by atoms with Gasteiger partial charge < -0.3 is 20.5 Å². The van der Waals surface area contributed by atoms with Crippen LogP contribution in [-0.4, -0.2) is 66.3 Å². The van der Waals surface area contributed by atoms with Gasteiger partial charge in [-0.05, 0) is 50.1 Å². The molecule has 204 valence electrons. The molecule has 1 saturated heterocycles. The quantitative estimate of drug-likeness (QED) is 0.363. The van der Waals surface area contributed by atoms with Crippen molar-refractivity contribution in [2.75, 3.05) is 26.2 Å². The third-order valence-electron chi connectivity index (χ3n) is 7.88. The molecule has 0 saturated carbocycles. The lowest BCUT2D eigenvalue weighted by atomic mass is 10.0. The number of hydrogen-bond acceptors (Lipinski definition) is 5. The number of aromatic nitrogens is 5. The van der Waals surface area contributed by atoms with Gasteiger partial charge in [-0.15, -0.1) is 0 Å². The number of carbonyl (C=O) groups excluding carboxylic acids is 1. The van der Waals surface area contributed by atoms with Crippen LogP contribution in [0.15, 0.2) is 41.3 Å². The average Bonchev–Trinajstić information content (AvgIpc) is 3.47. The number of amides is 2. The topological polar surface area (TPSA) is 118 Å². The van der Waals surface area contributed by atoms with Crippen LogP contribution in [0.4, 0.5) is 4.79 Å². The first-order chi connectivity index (χ1) is 18.9. The molecule has 2 amide bonds. The number of pyridine rings is 1. The molecule has 2 aliphatic heterocycles. The highest BCUT2D eigenvalue weighted by molar-refractivity contribution is 6.42. The average molecular weight is 569 g/mol. The summed E-state index contributed by atoms with van der Waals surface area (Å²) < 4.78 is 3.90. The Kier molecular flexibility index (Phi) is 7.09. The molecule has 1 fully saturated rings. The van der Waals surface area contributed by atoms with Crippen molar-refractivity contribution < 1.29 is 4.79 Å². The van der Waals surface area contributed by atoms with Gasteiger partial charge in [0, 0.05) is 61.7 Å². The number of carbonyl (C=O) groups is 1. The number of piperidine rings is 1. The summed E-state index contributed by atoms with van der Waals surface area (Å²) in [5, 5.41) is 5.92. The van der Waals surface area contributed by atoms with Crippen LogP contribution in [0.1, 0.15) is 36.6 Å². The predicted molar refractivity (Wildman–Crippen MR) is 151 cm³/mol. The molecule has 3 N–H and O–H groups in total. The lowest BCUT2D eigenvalue weighted by molar-refractivity contribution is 0.181. The molecular weight excluding hydrogens is 539 g/mol. The number of aromatic amines is 1. The number of aryl methyl sites for hydroxylation is 1. The van der Waals surface area contributed by atoms with Crippen LogP contribution in [-0.2, 0) is 19.5 Å². The molecule has 0 unspecified atom stereocenters. The largest absolute Gasteiger partial charge is 0.351 e. The number of rotatable bonds is 6. The van der Waals surface area contributed by atoms with E-state index in [1.54, 1.807) is 17.2 Å². The number of fused-ring (bicyclic) bond motifs is 2. The monoisotopic (exact) mass is 568 g/mol. The molecule has 39 heavy (non-hydrogen) atoms. The van der Waals surface area contributed by atoms with Crippen LogP contribution in [0.5, 0.6) is 0 Å². The van der Waals surface area contributed by atoms with Gasteiger partial charge in [0.05, 0.1) is 27.8 Å². The van der Waals surface area contributed by atoms with Crippen molar-refractivity contribution in [3.05, 3.63) is 68.3 Å². The van der Waals surface area contributed by atoms with Gasteiger partial charge in [-0.3, -0.25) is 9.25 Å². The van der Waals surface area contributed by atoms with Gasteiger partial charge in [-0.2, -0.15) is 5.10 Å². The summed E-state index contributed by atoms with van der Waals surface area (Å²) in [6.07, 6.45) is 5.18. The summed E-state index contributed by atoms with van der Waals surface area (Å²) in [6.45, 7) is 4.57. The normalized spacial score (nSPS) is 16.6. The summed E-state index contributed by atoms with van der Waals surface area (Å²) in [4.78, 5) is 35.9. The van der Waals surface area contributed by atoms with Gasteiger partial charge in [-0.1, -0.05) is 29.3 Å². The molecule has 10 nitrogen and oxygen atoms in total. The van der Waals surface area contributed by atoms with Crippen molar-refractivity contribution >= 4 is 40.4 Å². The van der Waals surface area contributed by atoms with Gasteiger partial charge in [0.15, 0.2) is 5.65 Å². The Labute approximate surface area is 235 Å². The van der Waals surface area contributed by atoms with E-state index in [9.17, 15) is 9.59 Å². The second-order valence-corrected chi connectivity index (χ2v) is 11.1. The van der Waals surface area contributed by atoms with Crippen molar-refractivity contribution in [2.45, 2.75) is 44.8 Å². The number of urea groups is 1. The third kappa shape index (κ3) is 5.04. The molecule has 4 aromatic rings. The standard InChI is InChI=1S/C27H30Cl2N8O2/c28-20-5-4-17(15-21(20)29)24-19-16-35(26(30)38)14-8-23(19)36(33-24)11-2-10-34-12-6-18(7-13-34)37-25-22(32-27(37)39)3-1-9-31-25/h1,3-5,9,15,18H,2,6-8,10-14,16H2,(H2,30,38)(H,32,39). The highest BCUT2D eigenvalue weighted by atomic mass is 35.5. The molecule has 12 heteroatoms. The van der Waals surface area contributed by atoms with Crippen LogP contribution >= 0.6 is 23.2 Å². The van der Waals surface area contributed by atoms with E-state index in [0.29, 0.717) is 29.6 Å². The highest BCUT2D eigenvalue weighted by Gasteiger charge is 2.28. The van der Waals surface area contributed by atoms with Crippen molar-refractivity contribution in [2.24, 2.45) is 5.73 Å². The molecule has 0 bridgehead atoms. The summed E-state index contributed by atoms with van der Waals surface area (Å²) >= 11 is 12.4. The van der Waals surface area contributed by atoms with E-state index in [0.717, 1.165) is 79.1 Å². The molecule has 0 radical (unpaired) electrons. The SMILES string of the molecule is NC(=O)N1CCc2c(c(-c3ccc(Cl)c(Cl)c3)nn2CCCN2CCC(n3c(=O)[nH]c4cccnc43)CC2)C1. The van der Waals surface area contributed by atoms with E-state index in [-0.39, 0.29) is 11.7 Å². The number of nitrogens with one attached hydrogen (secondary N) is 1. The van der Waals surface area contributed by atoms with Crippen molar-refractivity contribution in [1.82, 2.24) is 34.1 Å². The van der Waals surface area contributed by atoms with Crippen LogP contribution in [0.2, 0.25) is 10.0 Å². The minimum absolute atomic E-state index is 0.0849. The Hall–Kier alpha value is -3.34. The van der Waals surface area contributed by atoms with Crippen molar-refractivity contribution in [1.29, 1.82) is 0 Å². The first kappa shape index (κ1) is 25.9. The van der Waals surface area contributed by atoms with E-state index in [2.05, 4.69) is 19.5 Å². The van der Waals surface area contributed by atoms with Gasteiger partial charge in [0.1, 0.15) is 0 Å². The third-order valence-corrected chi connectivity index (χ3v) is 8.62. The number of halogens is 2. The van der Waals surface area contributed by atoms with E-state index >= 15 is 0 Å². The smallest absolute Gasteiger partial charge is 0.327 e. The first-order valence-electron chi connectivity index (χ1n) is 13.2. The molecule has 1 aromatic carbocycles. The fourth-order valence-electron chi connectivity index (χ4n) is 5.88. The van der Waals surface area contributed by atoms with E-state index in [1.165, 1.54) is 0 Å². The lowest BCUT2D eigenvalue weighted by Crippen LogP contribution is -2.40. The number of primary amides is 1. The zero-order valence-electron chi connectivity index (χ0n) is 21.4. The molecule has 6 rings (SSSR count). The number of nitrogens with two attached hydrogens (primary N) is 1. The zero-order valence-corrected chi connectivity index (χ0v) is 23.0. The maximum atomic E-state index is 12.6.